The van der Waals surface area contributed by atoms with Crippen LogP contribution >= 0.6 is 0 Å². The lowest BCUT2D eigenvalue weighted by Gasteiger charge is -2.42. The Kier molecular flexibility index (Phi) is 5.19. The molecule has 2 aliphatic heterocycles. The number of nitrogens with two attached hydrogens (primary N) is 1. The summed E-state index contributed by atoms with van der Waals surface area (Å²) in [6, 6.07) is 0.366. The third kappa shape index (κ3) is 3.88. The van der Waals surface area contributed by atoms with Crippen LogP contribution in [0.25, 0.3) is 0 Å². The Labute approximate surface area is 115 Å². The van der Waals surface area contributed by atoms with Gasteiger partial charge in [0.1, 0.15) is 0 Å². The van der Waals surface area contributed by atoms with Crippen LogP contribution in [-0.4, -0.2) is 75.9 Å². The molecule has 1 unspecified atom stereocenters. The molecule has 0 aromatic carbocycles. The molecule has 0 aliphatic carbocycles. The maximum atomic E-state index is 11.5. The number of nitrogens with zero attached hydrogens (tertiary/aromatic N) is 2. The monoisotopic (exact) mass is 291 g/mol. The molecular formula is C12H25N3O3S. The van der Waals surface area contributed by atoms with Gasteiger partial charge >= 0.3 is 0 Å². The summed E-state index contributed by atoms with van der Waals surface area (Å²) in [6.07, 6.45) is 3.41. The van der Waals surface area contributed by atoms with Crippen molar-refractivity contribution < 1.29 is 13.2 Å². The molecule has 1 atom stereocenters. The smallest absolute Gasteiger partial charge is 0.211 e. The van der Waals surface area contributed by atoms with Crippen LogP contribution in [0.5, 0.6) is 0 Å². The normalized spacial score (nSPS) is 26.4. The summed E-state index contributed by atoms with van der Waals surface area (Å²) in [6.45, 7) is 5.02. The number of rotatable bonds is 4. The topological polar surface area (TPSA) is 75.9 Å². The van der Waals surface area contributed by atoms with Gasteiger partial charge in [0.05, 0.1) is 6.26 Å². The molecule has 0 amide bonds. The van der Waals surface area contributed by atoms with E-state index in [2.05, 4.69) is 4.90 Å². The Morgan fingerprint density at radius 2 is 1.79 bits per heavy atom. The van der Waals surface area contributed by atoms with Crippen LogP contribution in [0.1, 0.15) is 12.8 Å². The lowest BCUT2D eigenvalue weighted by Crippen LogP contribution is -2.56. The highest BCUT2D eigenvalue weighted by Crippen LogP contribution is 2.23. The van der Waals surface area contributed by atoms with Gasteiger partial charge in [0.15, 0.2) is 0 Å². The van der Waals surface area contributed by atoms with Gasteiger partial charge in [-0.25, -0.2) is 8.42 Å². The zero-order chi connectivity index (χ0) is 13.9. The zero-order valence-electron chi connectivity index (χ0n) is 11.6. The predicted molar refractivity (Wildman–Crippen MR) is 74.4 cm³/mol. The van der Waals surface area contributed by atoms with Gasteiger partial charge < -0.3 is 10.5 Å². The third-order valence-electron chi connectivity index (χ3n) is 4.26. The summed E-state index contributed by atoms with van der Waals surface area (Å²) in [5.41, 5.74) is 5.94. The highest BCUT2D eigenvalue weighted by atomic mass is 32.2. The molecule has 0 saturated carbocycles. The molecule has 19 heavy (non-hydrogen) atoms. The minimum Gasteiger partial charge on any atom is -0.381 e. The highest BCUT2D eigenvalue weighted by molar-refractivity contribution is 7.88. The summed E-state index contributed by atoms with van der Waals surface area (Å²) >= 11 is 0. The van der Waals surface area contributed by atoms with Crippen molar-refractivity contribution in [2.75, 3.05) is 52.2 Å². The van der Waals surface area contributed by atoms with Gasteiger partial charge in [-0.2, -0.15) is 4.31 Å². The molecule has 0 spiro atoms. The summed E-state index contributed by atoms with van der Waals surface area (Å²) in [5.74, 6) is 0.587. The summed E-state index contributed by atoms with van der Waals surface area (Å²) in [5, 5.41) is 0. The molecule has 2 rings (SSSR count). The highest BCUT2D eigenvalue weighted by Gasteiger charge is 2.32. The van der Waals surface area contributed by atoms with Gasteiger partial charge in [-0.15, -0.1) is 0 Å². The fourth-order valence-corrected chi connectivity index (χ4v) is 3.93. The fraction of sp³-hybridized carbons (Fsp3) is 1.00. The molecule has 6 nitrogen and oxygen atoms in total. The lowest BCUT2D eigenvalue weighted by atomic mass is 9.90. The number of hydrogen-bond acceptors (Lipinski definition) is 5. The summed E-state index contributed by atoms with van der Waals surface area (Å²) in [4.78, 5) is 2.36. The Hall–Kier alpha value is -0.210. The average molecular weight is 291 g/mol. The van der Waals surface area contributed by atoms with Crippen molar-refractivity contribution >= 4 is 10.0 Å². The number of ether oxygens (including phenoxy) is 1. The minimum absolute atomic E-state index is 0.366. The van der Waals surface area contributed by atoms with E-state index in [0.29, 0.717) is 31.6 Å². The Morgan fingerprint density at radius 1 is 1.21 bits per heavy atom. The van der Waals surface area contributed by atoms with Crippen molar-refractivity contribution in [1.29, 1.82) is 0 Å². The maximum Gasteiger partial charge on any atom is 0.211 e. The molecule has 0 aromatic rings. The summed E-state index contributed by atoms with van der Waals surface area (Å²) < 4.78 is 30.0. The molecule has 2 aliphatic rings. The van der Waals surface area contributed by atoms with Crippen LogP contribution in [0.2, 0.25) is 0 Å². The van der Waals surface area contributed by atoms with Gasteiger partial charge in [-0.1, -0.05) is 0 Å². The van der Waals surface area contributed by atoms with Crippen LogP contribution < -0.4 is 5.73 Å². The first-order valence-electron chi connectivity index (χ1n) is 6.99. The number of piperazine rings is 1. The van der Waals surface area contributed by atoms with E-state index in [1.807, 2.05) is 0 Å². The fourth-order valence-electron chi connectivity index (χ4n) is 3.11. The van der Waals surface area contributed by atoms with E-state index < -0.39 is 10.0 Å². The standard InChI is InChI=1S/C12H25N3O3S/c1-19(16,17)15-6-4-14(5-7-15)12(10-13)11-2-8-18-9-3-11/h11-12H,2-10,13H2,1H3. The van der Waals surface area contributed by atoms with Gasteiger partial charge in [0.25, 0.3) is 0 Å². The molecular weight excluding hydrogens is 266 g/mol. The molecule has 2 fully saturated rings. The molecule has 2 N–H and O–H groups in total. The largest absolute Gasteiger partial charge is 0.381 e. The second-order valence-electron chi connectivity index (χ2n) is 5.45. The van der Waals surface area contributed by atoms with Crippen molar-refractivity contribution in [1.82, 2.24) is 9.21 Å². The van der Waals surface area contributed by atoms with Gasteiger partial charge in [0, 0.05) is 52.0 Å². The SMILES string of the molecule is CS(=O)(=O)N1CCN(C(CN)C2CCOCC2)CC1. The molecule has 0 radical (unpaired) electrons. The quantitative estimate of drug-likeness (QED) is 0.742. The van der Waals surface area contributed by atoms with E-state index in [9.17, 15) is 8.42 Å². The average Bonchev–Trinajstić information content (AvgIpc) is 2.40. The van der Waals surface area contributed by atoms with Crippen molar-refractivity contribution in [3.05, 3.63) is 0 Å². The first kappa shape index (κ1) is 15.2. The van der Waals surface area contributed by atoms with E-state index >= 15 is 0 Å². The van der Waals surface area contributed by atoms with Crippen molar-refractivity contribution in [3.8, 4) is 0 Å². The zero-order valence-corrected chi connectivity index (χ0v) is 12.4. The number of sulfonamides is 1. The van der Waals surface area contributed by atoms with E-state index in [1.54, 1.807) is 4.31 Å². The molecule has 112 valence electrons. The predicted octanol–water partition coefficient (Wildman–Crippen LogP) is -0.682. The molecule has 0 bridgehead atoms. The second kappa shape index (κ2) is 6.49. The minimum atomic E-state index is -3.05. The first-order chi connectivity index (χ1) is 9.02. The third-order valence-corrected chi connectivity index (χ3v) is 5.57. The van der Waals surface area contributed by atoms with Crippen molar-refractivity contribution in [3.63, 3.8) is 0 Å². The van der Waals surface area contributed by atoms with Crippen molar-refractivity contribution in [2.45, 2.75) is 18.9 Å². The Morgan fingerprint density at radius 3 is 2.26 bits per heavy atom. The van der Waals surface area contributed by atoms with Crippen LogP contribution in [0, 0.1) is 5.92 Å². The molecule has 0 aromatic heterocycles. The van der Waals surface area contributed by atoms with E-state index in [1.165, 1.54) is 6.26 Å². The van der Waals surface area contributed by atoms with Crippen LogP contribution in [0.15, 0.2) is 0 Å². The van der Waals surface area contributed by atoms with Gasteiger partial charge in [0.2, 0.25) is 10.0 Å². The molecule has 7 heteroatoms. The number of hydrogen-bond donors (Lipinski definition) is 1. The lowest BCUT2D eigenvalue weighted by molar-refractivity contribution is 0.0194. The molecule has 2 saturated heterocycles. The van der Waals surface area contributed by atoms with E-state index in [0.717, 1.165) is 39.1 Å². The van der Waals surface area contributed by atoms with Crippen LogP contribution in [-0.2, 0) is 14.8 Å². The van der Waals surface area contributed by atoms with Gasteiger partial charge in [-0.05, 0) is 18.8 Å². The maximum absolute atomic E-state index is 11.5. The summed E-state index contributed by atoms with van der Waals surface area (Å²) in [7, 11) is -3.05. The Bertz CT molecular complexity index is 374. The Balaban J connectivity index is 1.91. The first-order valence-corrected chi connectivity index (χ1v) is 8.84. The van der Waals surface area contributed by atoms with E-state index in [4.69, 9.17) is 10.5 Å². The van der Waals surface area contributed by atoms with Crippen molar-refractivity contribution in [2.24, 2.45) is 11.7 Å². The van der Waals surface area contributed by atoms with Gasteiger partial charge in [-0.3, -0.25) is 4.90 Å². The van der Waals surface area contributed by atoms with Crippen LogP contribution in [0.4, 0.5) is 0 Å². The molecule has 2 heterocycles. The second-order valence-corrected chi connectivity index (χ2v) is 7.43. The van der Waals surface area contributed by atoms with Crippen LogP contribution in [0.3, 0.4) is 0 Å². The van der Waals surface area contributed by atoms with E-state index in [-0.39, 0.29) is 0 Å².